The van der Waals surface area contributed by atoms with E-state index in [1.54, 1.807) is 0 Å². The van der Waals surface area contributed by atoms with Gasteiger partial charge in [-0.05, 0) is 51.5 Å². The molecule has 1 saturated carbocycles. The van der Waals surface area contributed by atoms with Crippen LogP contribution in [0.5, 0.6) is 0 Å². The van der Waals surface area contributed by atoms with Crippen LogP contribution in [-0.4, -0.2) is 54.0 Å². The van der Waals surface area contributed by atoms with Crippen molar-refractivity contribution < 1.29 is 4.79 Å². The summed E-state index contributed by atoms with van der Waals surface area (Å²) >= 11 is 0. The summed E-state index contributed by atoms with van der Waals surface area (Å²) in [5.74, 6) is 1.03. The Hall–Kier alpha value is -0.610. The first-order valence-corrected chi connectivity index (χ1v) is 8.82. The van der Waals surface area contributed by atoms with Gasteiger partial charge in [0, 0.05) is 37.1 Å². The smallest absolute Gasteiger partial charge is 0.225 e. The van der Waals surface area contributed by atoms with E-state index in [9.17, 15) is 4.79 Å². The van der Waals surface area contributed by atoms with Crippen molar-refractivity contribution in [2.45, 2.75) is 70.0 Å². The number of nitrogens with two attached hydrogens (primary N) is 1. The van der Waals surface area contributed by atoms with E-state index in [2.05, 4.69) is 23.8 Å². The minimum Gasteiger partial charge on any atom is -0.341 e. The molecule has 2 saturated heterocycles. The molecular weight excluding hydrogens is 262 g/mol. The maximum absolute atomic E-state index is 12.9. The molecule has 3 rings (SSSR count). The zero-order valence-electron chi connectivity index (χ0n) is 13.6. The SMILES string of the molecule is CC(C(=O)N1CCC2CCC(C1)N2C)C1CCCC(N)C1. The van der Waals surface area contributed by atoms with E-state index in [1.807, 2.05) is 0 Å². The third-order valence-corrected chi connectivity index (χ3v) is 6.31. The first kappa shape index (κ1) is 15.3. The molecule has 4 nitrogen and oxygen atoms in total. The van der Waals surface area contributed by atoms with E-state index >= 15 is 0 Å². The lowest BCUT2D eigenvalue weighted by molar-refractivity contribution is -0.137. The summed E-state index contributed by atoms with van der Waals surface area (Å²) in [5.41, 5.74) is 6.10. The number of likely N-dealkylation sites (tertiary alicyclic amines) is 1. The Morgan fingerprint density at radius 2 is 1.90 bits per heavy atom. The van der Waals surface area contributed by atoms with Crippen LogP contribution in [0.1, 0.15) is 51.9 Å². The number of carbonyl (C=O) groups is 1. The lowest BCUT2D eigenvalue weighted by atomic mass is 9.78. The zero-order valence-corrected chi connectivity index (χ0v) is 13.6. The summed E-state index contributed by atoms with van der Waals surface area (Å²) in [6, 6.07) is 1.60. The van der Waals surface area contributed by atoms with E-state index in [1.165, 1.54) is 25.7 Å². The number of hydrogen-bond acceptors (Lipinski definition) is 3. The second-order valence-electron chi connectivity index (χ2n) is 7.60. The minimum atomic E-state index is 0.151. The van der Waals surface area contributed by atoms with Gasteiger partial charge < -0.3 is 10.6 Å². The third-order valence-electron chi connectivity index (χ3n) is 6.31. The molecule has 2 aliphatic heterocycles. The summed E-state index contributed by atoms with van der Waals surface area (Å²) in [7, 11) is 2.24. The molecule has 21 heavy (non-hydrogen) atoms. The molecule has 3 aliphatic rings. The van der Waals surface area contributed by atoms with Crippen LogP contribution in [0, 0.1) is 11.8 Å². The molecule has 0 aromatic heterocycles. The lowest BCUT2D eigenvalue weighted by Crippen LogP contribution is -2.44. The Bertz CT molecular complexity index is 386. The van der Waals surface area contributed by atoms with Gasteiger partial charge in [-0.25, -0.2) is 0 Å². The highest BCUT2D eigenvalue weighted by Gasteiger charge is 2.38. The van der Waals surface area contributed by atoms with Gasteiger partial charge in [-0.3, -0.25) is 9.69 Å². The molecule has 0 aromatic rings. The largest absolute Gasteiger partial charge is 0.341 e. The van der Waals surface area contributed by atoms with Crippen molar-refractivity contribution >= 4 is 5.91 Å². The zero-order chi connectivity index (χ0) is 15.0. The quantitative estimate of drug-likeness (QED) is 0.845. The van der Waals surface area contributed by atoms with Crippen molar-refractivity contribution in [3.63, 3.8) is 0 Å². The predicted octanol–water partition coefficient (Wildman–Crippen LogP) is 1.84. The summed E-state index contributed by atoms with van der Waals surface area (Å²) in [6.45, 7) is 4.03. The van der Waals surface area contributed by atoms with E-state index < -0.39 is 0 Å². The Balaban J connectivity index is 1.62. The van der Waals surface area contributed by atoms with Gasteiger partial charge in [0.2, 0.25) is 5.91 Å². The maximum atomic E-state index is 12.9. The molecule has 5 atom stereocenters. The Morgan fingerprint density at radius 3 is 2.67 bits per heavy atom. The van der Waals surface area contributed by atoms with Gasteiger partial charge in [0.05, 0.1) is 0 Å². The van der Waals surface area contributed by atoms with Crippen LogP contribution in [0.3, 0.4) is 0 Å². The molecule has 120 valence electrons. The van der Waals surface area contributed by atoms with Crippen molar-refractivity contribution in [3.05, 3.63) is 0 Å². The number of amides is 1. The summed E-state index contributed by atoms with van der Waals surface area (Å²) in [4.78, 5) is 17.6. The number of nitrogens with zero attached hydrogens (tertiary/aromatic N) is 2. The highest BCUT2D eigenvalue weighted by Crippen LogP contribution is 2.33. The van der Waals surface area contributed by atoms with Gasteiger partial charge in [-0.2, -0.15) is 0 Å². The second kappa shape index (κ2) is 6.25. The number of rotatable bonds is 2. The Labute approximate surface area is 129 Å². The monoisotopic (exact) mass is 293 g/mol. The second-order valence-corrected chi connectivity index (χ2v) is 7.60. The molecule has 3 fully saturated rings. The van der Waals surface area contributed by atoms with Crippen molar-refractivity contribution in [2.75, 3.05) is 20.1 Å². The summed E-state index contributed by atoms with van der Waals surface area (Å²) < 4.78 is 0. The van der Waals surface area contributed by atoms with Crippen molar-refractivity contribution in [2.24, 2.45) is 17.6 Å². The van der Waals surface area contributed by atoms with Gasteiger partial charge in [-0.1, -0.05) is 13.3 Å². The van der Waals surface area contributed by atoms with Crippen LogP contribution in [-0.2, 0) is 4.79 Å². The number of hydrogen-bond donors (Lipinski definition) is 1. The fourth-order valence-electron chi connectivity index (χ4n) is 4.72. The van der Waals surface area contributed by atoms with Gasteiger partial charge in [0.1, 0.15) is 0 Å². The van der Waals surface area contributed by atoms with Crippen LogP contribution in [0.2, 0.25) is 0 Å². The van der Waals surface area contributed by atoms with Crippen LogP contribution in [0.25, 0.3) is 0 Å². The van der Waals surface area contributed by atoms with Crippen molar-refractivity contribution in [1.82, 2.24) is 9.80 Å². The molecule has 1 amide bonds. The summed E-state index contributed by atoms with van der Waals surface area (Å²) in [5, 5.41) is 0. The van der Waals surface area contributed by atoms with Gasteiger partial charge >= 0.3 is 0 Å². The molecule has 5 unspecified atom stereocenters. The Kier molecular flexibility index (Phi) is 4.55. The lowest BCUT2D eigenvalue weighted by Gasteiger charge is -2.34. The van der Waals surface area contributed by atoms with E-state index in [0.717, 1.165) is 32.4 Å². The third kappa shape index (κ3) is 3.11. The maximum Gasteiger partial charge on any atom is 0.225 e. The molecular formula is C17H31N3O. The van der Waals surface area contributed by atoms with E-state index in [4.69, 9.17) is 5.73 Å². The van der Waals surface area contributed by atoms with Gasteiger partial charge in [-0.15, -0.1) is 0 Å². The average Bonchev–Trinajstić information content (AvgIpc) is 2.71. The first-order chi connectivity index (χ1) is 10.1. The van der Waals surface area contributed by atoms with Crippen LogP contribution >= 0.6 is 0 Å². The predicted molar refractivity (Wildman–Crippen MR) is 84.9 cm³/mol. The Morgan fingerprint density at radius 1 is 1.14 bits per heavy atom. The van der Waals surface area contributed by atoms with Crippen molar-refractivity contribution in [3.8, 4) is 0 Å². The molecule has 0 radical (unpaired) electrons. The normalized spacial score (nSPS) is 39.1. The molecule has 2 bridgehead atoms. The van der Waals surface area contributed by atoms with Crippen molar-refractivity contribution in [1.29, 1.82) is 0 Å². The highest BCUT2D eigenvalue weighted by molar-refractivity contribution is 5.79. The average molecular weight is 293 g/mol. The standard InChI is InChI=1S/C17H31N3O/c1-12(13-4-3-5-14(18)10-13)17(21)20-9-8-15-6-7-16(11-20)19(15)2/h12-16H,3-11,18H2,1-2H3. The van der Waals surface area contributed by atoms with E-state index in [-0.39, 0.29) is 5.92 Å². The van der Waals surface area contributed by atoms with E-state index in [0.29, 0.717) is 30.0 Å². The molecule has 2 heterocycles. The molecule has 0 aromatic carbocycles. The fourth-order valence-corrected chi connectivity index (χ4v) is 4.72. The van der Waals surface area contributed by atoms with Crippen LogP contribution in [0.15, 0.2) is 0 Å². The summed E-state index contributed by atoms with van der Waals surface area (Å²) in [6.07, 6.45) is 8.26. The number of carbonyl (C=O) groups excluding carboxylic acids is 1. The molecule has 1 aliphatic carbocycles. The molecule has 4 heteroatoms. The van der Waals surface area contributed by atoms with Crippen LogP contribution in [0.4, 0.5) is 0 Å². The first-order valence-electron chi connectivity index (χ1n) is 8.82. The topological polar surface area (TPSA) is 49.6 Å². The number of likely N-dealkylation sites (N-methyl/N-ethyl adjacent to an activating group) is 1. The molecule has 2 N–H and O–H groups in total. The number of fused-ring (bicyclic) bond motifs is 2. The fraction of sp³-hybridized carbons (Fsp3) is 0.941. The van der Waals surface area contributed by atoms with Crippen LogP contribution < -0.4 is 5.73 Å². The molecule has 0 spiro atoms. The highest BCUT2D eigenvalue weighted by atomic mass is 16.2. The van der Waals surface area contributed by atoms with Gasteiger partial charge in [0.25, 0.3) is 0 Å². The van der Waals surface area contributed by atoms with Gasteiger partial charge in [0.15, 0.2) is 0 Å². The minimum absolute atomic E-state index is 0.151.